The van der Waals surface area contributed by atoms with Crippen molar-refractivity contribution < 1.29 is 37.1 Å². The maximum absolute atomic E-state index is 14.0. The van der Waals surface area contributed by atoms with Crippen molar-refractivity contribution in [3.05, 3.63) is 18.3 Å². The molecule has 4 unspecified atom stereocenters. The Hall–Kier alpha value is -3.89. The average Bonchev–Trinajstić information content (AvgIpc) is 3.44. The summed E-state index contributed by atoms with van der Waals surface area (Å²) in [5, 5.41) is 14.5. The minimum absolute atomic E-state index is 0.116. The number of aromatic nitrogens is 1. The second-order valence-electron chi connectivity index (χ2n) is 11.4. The van der Waals surface area contributed by atoms with Crippen LogP contribution in [0.25, 0.3) is 0 Å². The fraction of sp³-hybridized carbons (Fsp3) is 0.630. The number of carbonyl (C=O) groups excluding carboxylic acids is 4. The number of nitriles is 1. The van der Waals surface area contributed by atoms with Gasteiger partial charge in [0, 0.05) is 19.7 Å². The lowest BCUT2D eigenvalue weighted by atomic mass is 9.95. The molecule has 41 heavy (non-hydrogen) atoms. The van der Waals surface area contributed by atoms with Crippen LogP contribution in [-0.4, -0.2) is 81.9 Å². The third-order valence-corrected chi connectivity index (χ3v) is 8.51. The first kappa shape index (κ1) is 28.6. The number of anilines is 1. The first-order chi connectivity index (χ1) is 19.4. The summed E-state index contributed by atoms with van der Waals surface area (Å²) in [7, 11) is 1.34. The van der Waals surface area contributed by atoms with Gasteiger partial charge in [-0.15, -0.1) is 0 Å². The van der Waals surface area contributed by atoms with E-state index in [9.17, 15) is 37.6 Å². The van der Waals surface area contributed by atoms with Gasteiger partial charge in [0.05, 0.1) is 12.6 Å². The topological polar surface area (TPSA) is 145 Å². The number of hydrogen-bond donors (Lipinski definition) is 2. The van der Waals surface area contributed by atoms with Crippen molar-refractivity contribution in [2.24, 2.45) is 11.8 Å². The van der Waals surface area contributed by atoms with Crippen LogP contribution >= 0.6 is 0 Å². The molecule has 2 aliphatic heterocycles. The molecule has 1 aromatic heterocycles. The Morgan fingerprint density at radius 3 is 2.63 bits per heavy atom. The van der Waals surface area contributed by atoms with Gasteiger partial charge in [0.2, 0.25) is 17.4 Å². The summed E-state index contributed by atoms with van der Waals surface area (Å²) >= 11 is 0. The zero-order valence-corrected chi connectivity index (χ0v) is 22.4. The molecule has 0 bridgehead atoms. The van der Waals surface area contributed by atoms with Crippen LogP contribution < -0.4 is 15.4 Å². The van der Waals surface area contributed by atoms with Crippen LogP contribution in [0.5, 0.6) is 5.75 Å². The fourth-order valence-electron chi connectivity index (χ4n) is 6.06. The molecular formula is C27H31F3N6O5. The average molecular weight is 577 g/mol. The molecule has 0 aromatic carbocycles. The SMILES string of the molecule is CN(C(=O)C(NC(=O)C(F)(F)F)C1CCCC1)C(CC1CC1)C(=O)N1CC2(CC1C#N)Oc1cccnc1NC2=O. The van der Waals surface area contributed by atoms with Gasteiger partial charge in [-0.3, -0.25) is 19.2 Å². The maximum Gasteiger partial charge on any atom is 0.471 e. The lowest BCUT2D eigenvalue weighted by Crippen LogP contribution is -2.59. The maximum atomic E-state index is 14.0. The monoisotopic (exact) mass is 576 g/mol. The van der Waals surface area contributed by atoms with Crippen LogP contribution in [0.15, 0.2) is 18.3 Å². The molecule has 1 aromatic rings. The predicted molar refractivity (Wildman–Crippen MR) is 136 cm³/mol. The number of likely N-dealkylation sites (N-methyl/N-ethyl adjacent to an activating group) is 1. The highest BCUT2D eigenvalue weighted by Gasteiger charge is 2.57. The lowest BCUT2D eigenvalue weighted by molar-refractivity contribution is -0.175. The molecule has 2 saturated carbocycles. The number of fused-ring (bicyclic) bond motifs is 1. The largest absolute Gasteiger partial charge is 0.472 e. The molecule has 1 spiro atoms. The van der Waals surface area contributed by atoms with Crippen molar-refractivity contribution in [3.8, 4) is 11.8 Å². The highest BCUT2D eigenvalue weighted by Crippen LogP contribution is 2.41. The molecule has 3 heterocycles. The molecule has 11 nitrogen and oxygen atoms in total. The summed E-state index contributed by atoms with van der Waals surface area (Å²) in [5.41, 5.74) is -1.55. The molecule has 2 N–H and O–H groups in total. The number of alkyl halides is 3. The van der Waals surface area contributed by atoms with E-state index in [4.69, 9.17) is 4.74 Å². The van der Waals surface area contributed by atoms with Crippen molar-refractivity contribution in [3.63, 3.8) is 0 Å². The second kappa shape index (κ2) is 10.8. The third kappa shape index (κ3) is 5.67. The predicted octanol–water partition coefficient (Wildman–Crippen LogP) is 2.14. The van der Waals surface area contributed by atoms with Crippen molar-refractivity contribution in [1.82, 2.24) is 20.1 Å². The highest BCUT2D eigenvalue weighted by atomic mass is 19.4. The van der Waals surface area contributed by atoms with E-state index in [0.717, 1.165) is 17.7 Å². The molecule has 0 radical (unpaired) electrons. The summed E-state index contributed by atoms with van der Waals surface area (Å²) in [6, 6.07) is 1.69. The van der Waals surface area contributed by atoms with E-state index in [0.29, 0.717) is 31.4 Å². The van der Waals surface area contributed by atoms with Crippen LogP contribution in [0.3, 0.4) is 0 Å². The first-order valence-corrected chi connectivity index (χ1v) is 13.7. The molecule has 4 aliphatic rings. The van der Waals surface area contributed by atoms with Crippen LogP contribution in [0.1, 0.15) is 51.4 Å². The molecule has 2 aliphatic carbocycles. The number of amides is 4. The van der Waals surface area contributed by atoms with E-state index < -0.39 is 59.4 Å². The van der Waals surface area contributed by atoms with Crippen LogP contribution in [0.2, 0.25) is 0 Å². The Balaban J connectivity index is 1.39. The standard InChI is InChI=1S/C27H31F3N6O5/c1-35(23(38)20(16-5-2-3-6-16)33-25(40)27(28,29)30)18(11-15-8-9-15)22(37)36-14-26(12-17(36)13-31)24(39)34-21-19(41-26)7-4-10-32-21/h4,7,10,15-18,20H,2-3,5-6,8-9,11-12,14H2,1H3,(H,33,40)(H,32,34,39). The quantitative estimate of drug-likeness (QED) is 0.506. The number of nitrogens with zero attached hydrogens (tertiary/aromatic N) is 4. The number of likely N-dealkylation sites (tertiary alicyclic amines) is 1. The van der Waals surface area contributed by atoms with Crippen molar-refractivity contribution in [2.75, 3.05) is 18.9 Å². The number of ether oxygens (including phenoxy) is 1. The van der Waals surface area contributed by atoms with Crippen LogP contribution in [0, 0.1) is 23.2 Å². The summed E-state index contributed by atoms with van der Waals surface area (Å²) in [6.45, 7) is -0.260. The molecule has 14 heteroatoms. The molecule has 1 saturated heterocycles. The summed E-state index contributed by atoms with van der Waals surface area (Å²) < 4.78 is 45.4. The number of carbonyl (C=O) groups is 4. The van der Waals surface area contributed by atoms with E-state index >= 15 is 0 Å². The van der Waals surface area contributed by atoms with Gasteiger partial charge in [-0.25, -0.2) is 4.98 Å². The third-order valence-electron chi connectivity index (χ3n) is 8.51. The van der Waals surface area contributed by atoms with Crippen molar-refractivity contribution in [1.29, 1.82) is 5.26 Å². The molecule has 4 atom stereocenters. The molecule has 220 valence electrons. The van der Waals surface area contributed by atoms with Gasteiger partial charge >= 0.3 is 12.1 Å². The van der Waals surface area contributed by atoms with Gasteiger partial charge in [-0.2, -0.15) is 18.4 Å². The smallest absolute Gasteiger partial charge is 0.471 e. The van der Waals surface area contributed by atoms with E-state index in [1.807, 2.05) is 5.32 Å². The van der Waals surface area contributed by atoms with Crippen molar-refractivity contribution >= 4 is 29.4 Å². The van der Waals surface area contributed by atoms with E-state index in [2.05, 4.69) is 16.4 Å². The Kier molecular flexibility index (Phi) is 7.56. The zero-order chi connectivity index (χ0) is 29.5. The van der Waals surface area contributed by atoms with Gasteiger partial charge in [0.1, 0.15) is 18.1 Å². The minimum atomic E-state index is -5.17. The summed E-state index contributed by atoms with van der Waals surface area (Å²) in [5.74, 6) is -4.02. The number of hydrogen-bond acceptors (Lipinski definition) is 7. The van der Waals surface area contributed by atoms with Gasteiger partial charge in [-0.05, 0) is 43.2 Å². The number of rotatable bonds is 7. The number of pyridine rings is 1. The minimum Gasteiger partial charge on any atom is -0.472 e. The number of nitrogens with one attached hydrogen (secondary N) is 2. The Bertz CT molecular complexity index is 1270. The van der Waals surface area contributed by atoms with Gasteiger partial charge < -0.3 is 25.2 Å². The fourth-order valence-corrected chi connectivity index (χ4v) is 6.06. The Morgan fingerprint density at radius 2 is 2.00 bits per heavy atom. The molecule has 3 fully saturated rings. The number of halogens is 3. The van der Waals surface area contributed by atoms with E-state index in [1.165, 1.54) is 18.1 Å². The van der Waals surface area contributed by atoms with E-state index in [1.54, 1.807) is 12.1 Å². The second-order valence-corrected chi connectivity index (χ2v) is 11.4. The summed E-state index contributed by atoms with van der Waals surface area (Å²) in [4.78, 5) is 59.1. The molecule has 4 amide bonds. The zero-order valence-electron chi connectivity index (χ0n) is 22.4. The van der Waals surface area contributed by atoms with Gasteiger partial charge in [-0.1, -0.05) is 25.7 Å². The van der Waals surface area contributed by atoms with Crippen molar-refractivity contribution in [2.45, 2.75) is 81.3 Å². The van der Waals surface area contributed by atoms with Crippen LogP contribution in [-0.2, 0) is 19.2 Å². The van der Waals surface area contributed by atoms with Gasteiger partial charge in [0.25, 0.3) is 5.91 Å². The van der Waals surface area contributed by atoms with E-state index in [-0.39, 0.29) is 31.1 Å². The summed E-state index contributed by atoms with van der Waals surface area (Å²) in [6.07, 6.45) is 0.451. The molecule has 5 rings (SSSR count). The Labute approximate surface area is 234 Å². The molecular weight excluding hydrogens is 545 g/mol. The van der Waals surface area contributed by atoms with Crippen LogP contribution in [0.4, 0.5) is 19.0 Å². The lowest BCUT2D eigenvalue weighted by Gasteiger charge is -2.36. The normalized spacial score (nSPS) is 25.5. The Morgan fingerprint density at radius 1 is 1.29 bits per heavy atom. The highest BCUT2D eigenvalue weighted by molar-refractivity contribution is 6.01. The van der Waals surface area contributed by atoms with Gasteiger partial charge in [0.15, 0.2) is 11.6 Å². The first-order valence-electron chi connectivity index (χ1n) is 13.7.